The lowest BCUT2D eigenvalue weighted by atomic mass is 9.94. The predicted molar refractivity (Wildman–Crippen MR) is 113 cm³/mol. The highest BCUT2D eigenvalue weighted by Crippen LogP contribution is 2.21. The Hall–Kier alpha value is -0.650. The zero-order valence-electron chi connectivity index (χ0n) is 16.3. The summed E-state index contributed by atoms with van der Waals surface area (Å²) in [6.07, 6.45) is 16.5. The number of morpholine rings is 1. The van der Waals surface area contributed by atoms with E-state index in [0.717, 1.165) is 57.0 Å². The van der Waals surface area contributed by atoms with E-state index in [0.29, 0.717) is 6.04 Å². The number of hydrogen-bond donors (Lipinski definition) is 1. The second-order valence-corrected chi connectivity index (χ2v) is 8.58. The Morgan fingerprint density at radius 3 is 2.54 bits per heavy atom. The number of ether oxygens (including phenoxy) is 1. The van der Waals surface area contributed by atoms with Crippen LogP contribution in [0.3, 0.4) is 0 Å². The van der Waals surface area contributed by atoms with Crippen LogP contribution in [-0.2, 0) is 4.74 Å². The summed E-state index contributed by atoms with van der Waals surface area (Å²) in [5.74, 6) is 0.749. The van der Waals surface area contributed by atoms with Gasteiger partial charge in [-0.3, -0.25) is 4.90 Å². The van der Waals surface area contributed by atoms with Gasteiger partial charge in [-0.15, -0.1) is 0 Å². The predicted octanol–water partition coefficient (Wildman–Crippen LogP) is 3.57. The third kappa shape index (κ3) is 6.82. The largest absolute Gasteiger partial charge is 0.379 e. The van der Waals surface area contributed by atoms with Gasteiger partial charge in [0.2, 0.25) is 0 Å². The van der Waals surface area contributed by atoms with E-state index in [9.17, 15) is 0 Å². The van der Waals surface area contributed by atoms with Gasteiger partial charge in [0.1, 0.15) is 0 Å². The Balaban J connectivity index is 1.52. The molecule has 148 valence electrons. The number of rotatable bonds is 6. The van der Waals surface area contributed by atoms with E-state index >= 15 is 0 Å². The molecule has 1 saturated carbocycles. The summed E-state index contributed by atoms with van der Waals surface area (Å²) in [5.41, 5.74) is 0. The first-order chi connectivity index (χ1) is 12.8. The lowest BCUT2D eigenvalue weighted by Gasteiger charge is -2.35. The molecule has 1 N–H and O–H groups in total. The van der Waals surface area contributed by atoms with Crippen LogP contribution in [0.5, 0.6) is 0 Å². The molecule has 0 unspecified atom stereocenters. The molecular formula is C21H37N3OS. The second kappa shape index (κ2) is 11.3. The minimum atomic E-state index is 0.585. The van der Waals surface area contributed by atoms with Crippen molar-refractivity contribution in [3.63, 3.8) is 0 Å². The first kappa shape index (κ1) is 20.1. The van der Waals surface area contributed by atoms with Gasteiger partial charge in [0, 0.05) is 38.8 Å². The zero-order chi connectivity index (χ0) is 18.0. The fraction of sp³-hybridized carbons (Fsp3) is 0.857. The fourth-order valence-corrected chi connectivity index (χ4v) is 4.72. The lowest BCUT2D eigenvalue weighted by molar-refractivity contribution is 0.0354. The van der Waals surface area contributed by atoms with E-state index in [1.807, 2.05) is 0 Å². The molecule has 5 heteroatoms. The standard InChI is InChI=1S/C21H37N3OS/c26-21(22-20-10-6-1-2-7-11-20)24(18-19-8-4-3-5-9-19)13-12-23-14-16-25-17-15-23/h3-4,19-20H,1-2,5-18H2,(H,22,26)/t19-/m0/s1. The van der Waals surface area contributed by atoms with Crippen LogP contribution in [-0.4, -0.2) is 66.9 Å². The van der Waals surface area contributed by atoms with Crippen LogP contribution < -0.4 is 5.32 Å². The molecule has 0 aromatic carbocycles. The van der Waals surface area contributed by atoms with Gasteiger partial charge in [-0.1, -0.05) is 37.8 Å². The molecule has 0 spiro atoms. The van der Waals surface area contributed by atoms with Crippen LogP contribution >= 0.6 is 12.2 Å². The maximum atomic E-state index is 5.89. The third-order valence-corrected chi connectivity index (χ3v) is 6.49. The van der Waals surface area contributed by atoms with Crippen LogP contribution in [0, 0.1) is 5.92 Å². The summed E-state index contributed by atoms with van der Waals surface area (Å²) in [5, 5.41) is 4.73. The van der Waals surface area contributed by atoms with Gasteiger partial charge < -0.3 is 15.0 Å². The molecule has 2 fully saturated rings. The number of hydrogen-bond acceptors (Lipinski definition) is 3. The van der Waals surface area contributed by atoms with Crippen molar-refractivity contribution < 1.29 is 4.74 Å². The highest BCUT2D eigenvalue weighted by molar-refractivity contribution is 7.80. The molecule has 4 nitrogen and oxygen atoms in total. The summed E-state index contributed by atoms with van der Waals surface area (Å²) in [7, 11) is 0. The van der Waals surface area contributed by atoms with Crippen molar-refractivity contribution in [3.05, 3.63) is 12.2 Å². The van der Waals surface area contributed by atoms with Crippen LogP contribution in [0.25, 0.3) is 0 Å². The van der Waals surface area contributed by atoms with Gasteiger partial charge in [0.15, 0.2) is 5.11 Å². The van der Waals surface area contributed by atoms with Crippen molar-refractivity contribution in [3.8, 4) is 0 Å². The molecule has 0 aromatic heterocycles. The van der Waals surface area contributed by atoms with Gasteiger partial charge in [0.25, 0.3) is 0 Å². The average molecular weight is 380 g/mol. The summed E-state index contributed by atoms with van der Waals surface area (Å²) in [4.78, 5) is 4.99. The fourth-order valence-electron chi connectivity index (χ4n) is 4.39. The van der Waals surface area contributed by atoms with Crippen molar-refractivity contribution in [2.24, 2.45) is 5.92 Å². The van der Waals surface area contributed by atoms with Crippen molar-refractivity contribution >= 4 is 17.3 Å². The number of allylic oxidation sites excluding steroid dienone is 2. The highest BCUT2D eigenvalue weighted by Gasteiger charge is 2.21. The van der Waals surface area contributed by atoms with E-state index in [-0.39, 0.29) is 0 Å². The molecule has 1 aliphatic heterocycles. The van der Waals surface area contributed by atoms with E-state index in [2.05, 4.69) is 27.3 Å². The first-order valence-corrected chi connectivity index (χ1v) is 11.2. The molecule has 2 aliphatic carbocycles. The van der Waals surface area contributed by atoms with Gasteiger partial charge in [-0.05, 0) is 50.2 Å². The molecule has 26 heavy (non-hydrogen) atoms. The third-order valence-electron chi connectivity index (χ3n) is 6.12. The summed E-state index contributed by atoms with van der Waals surface area (Å²) >= 11 is 5.89. The topological polar surface area (TPSA) is 27.7 Å². The molecule has 0 radical (unpaired) electrons. The maximum Gasteiger partial charge on any atom is 0.169 e. The van der Waals surface area contributed by atoms with Crippen molar-refractivity contribution in [1.29, 1.82) is 0 Å². The smallest absolute Gasteiger partial charge is 0.169 e. The van der Waals surface area contributed by atoms with Crippen molar-refractivity contribution in [1.82, 2.24) is 15.1 Å². The summed E-state index contributed by atoms with van der Waals surface area (Å²) in [6.45, 7) is 7.10. The van der Waals surface area contributed by atoms with Gasteiger partial charge in [-0.2, -0.15) is 0 Å². The Kier molecular flexibility index (Phi) is 8.70. The number of thiocarbonyl (C=S) groups is 1. The Morgan fingerprint density at radius 2 is 1.85 bits per heavy atom. The van der Waals surface area contributed by atoms with E-state index in [1.165, 1.54) is 57.8 Å². The van der Waals surface area contributed by atoms with Crippen molar-refractivity contribution in [2.45, 2.75) is 63.8 Å². The molecule has 0 amide bonds. The minimum Gasteiger partial charge on any atom is -0.379 e. The summed E-state index contributed by atoms with van der Waals surface area (Å²) in [6, 6.07) is 0.585. The molecular weight excluding hydrogens is 342 g/mol. The van der Waals surface area contributed by atoms with Crippen molar-refractivity contribution in [2.75, 3.05) is 45.9 Å². The Morgan fingerprint density at radius 1 is 1.08 bits per heavy atom. The van der Waals surface area contributed by atoms with Crippen LogP contribution in [0.2, 0.25) is 0 Å². The van der Waals surface area contributed by atoms with Crippen LogP contribution in [0.15, 0.2) is 12.2 Å². The van der Waals surface area contributed by atoms with Crippen LogP contribution in [0.4, 0.5) is 0 Å². The maximum absolute atomic E-state index is 5.89. The van der Waals surface area contributed by atoms with E-state index in [4.69, 9.17) is 17.0 Å². The molecule has 3 aliphatic rings. The summed E-state index contributed by atoms with van der Waals surface area (Å²) < 4.78 is 5.49. The number of nitrogens with one attached hydrogen (secondary N) is 1. The Labute approximate surface area is 165 Å². The normalized spacial score (nSPS) is 25.6. The van der Waals surface area contributed by atoms with E-state index < -0.39 is 0 Å². The van der Waals surface area contributed by atoms with E-state index in [1.54, 1.807) is 0 Å². The average Bonchev–Trinajstić information content (AvgIpc) is 2.95. The SMILES string of the molecule is S=C(NC1CCCCCC1)N(CCN1CCOCC1)C[C@H]1CC=CCC1. The Bertz CT molecular complexity index is 443. The first-order valence-electron chi connectivity index (χ1n) is 10.8. The minimum absolute atomic E-state index is 0.585. The second-order valence-electron chi connectivity index (χ2n) is 8.19. The molecule has 1 heterocycles. The van der Waals surface area contributed by atoms with Gasteiger partial charge >= 0.3 is 0 Å². The van der Waals surface area contributed by atoms with Crippen LogP contribution in [0.1, 0.15) is 57.8 Å². The number of nitrogens with zero attached hydrogens (tertiary/aromatic N) is 2. The quantitative estimate of drug-likeness (QED) is 0.433. The van der Waals surface area contributed by atoms with Gasteiger partial charge in [-0.25, -0.2) is 0 Å². The highest BCUT2D eigenvalue weighted by atomic mass is 32.1. The van der Waals surface area contributed by atoms with Gasteiger partial charge in [0.05, 0.1) is 13.2 Å². The molecule has 1 saturated heterocycles. The monoisotopic (exact) mass is 379 g/mol. The molecule has 0 aromatic rings. The zero-order valence-corrected chi connectivity index (χ0v) is 17.2. The molecule has 0 bridgehead atoms. The molecule has 3 rings (SSSR count). The molecule has 1 atom stereocenters. The lowest BCUT2D eigenvalue weighted by Crippen LogP contribution is -2.49.